The number of aromatic nitrogens is 1. The summed E-state index contributed by atoms with van der Waals surface area (Å²) in [6.07, 6.45) is 1.45. The molecule has 3 aromatic rings. The van der Waals surface area contributed by atoms with Crippen LogP contribution in [0.3, 0.4) is 0 Å². The SMILES string of the molecule is CN1CCN(c2ccc(NC(=O)N=C(N)c3cc(Sc4cc(F)cc(F)c4)cnc3N)cc2)CC1. The fraction of sp³-hybridized carbons (Fsp3) is 0.208. The van der Waals surface area contributed by atoms with Gasteiger partial charge in [-0.2, -0.15) is 4.99 Å². The molecule has 8 nitrogen and oxygen atoms in total. The number of amidine groups is 1. The van der Waals surface area contributed by atoms with E-state index in [4.69, 9.17) is 11.5 Å². The maximum Gasteiger partial charge on any atom is 0.347 e. The number of benzene rings is 2. The molecule has 0 radical (unpaired) electrons. The molecule has 2 aromatic carbocycles. The van der Waals surface area contributed by atoms with Gasteiger partial charge in [0.1, 0.15) is 23.3 Å². The van der Waals surface area contributed by atoms with E-state index in [0.29, 0.717) is 15.5 Å². The van der Waals surface area contributed by atoms with Gasteiger partial charge in [-0.1, -0.05) is 11.8 Å². The summed E-state index contributed by atoms with van der Waals surface area (Å²) in [5, 5.41) is 2.68. The summed E-state index contributed by atoms with van der Waals surface area (Å²) in [6.45, 7) is 3.90. The number of carbonyl (C=O) groups excluding carboxylic acids is 1. The van der Waals surface area contributed by atoms with E-state index in [9.17, 15) is 13.6 Å². The minimum absolute atomic E-state index is 0.0744. The van der Waals surface area contributed by atoms with E-state index >= 15 is 0 Å². The highest BCUT2D eigenvalue weighted by atomic mass is 32.2. The first-order valence-corrected chi connectivity index (χ1v) is 11.7. The molecule has 35 heavy (non-hydrogen) atoms. The van der Waals surface area contributed by atoms with E-state index in [1.807, 2.05) is 24.3 Å². The number of hydrogen-bond acceptors (Lipinski definition) is 6. The smallest absolute Gasteiger partial charge is 0.347 e. The number of amides is 2. The van der Waals surface area contributed by atoms with Crippen molar-refractivity contribution in [1.82, 2.24) is 9.88 Å². The third kappa shape index (κ3) is 6.46. The topological polar surface area (TPSA) is 113 Å². The van der Waals surface area contributed by atoms with Gasteiger partial charge in [-0.25, -0.2) is 18.6 Å². The number of halogens is 2. The molecule has 0 bridgehead atoms. The van der Waals surface area contributed by atoms with Crippen LogP contribution in [0.5, 0.6) is 0 Å². The molecule has 5 N–H and O–H groups in total. The summed E-state index contributed by atoms with van der Waals surface area (Å²) >= 11 is 1.08. The maximum atomic E-state index is 13.5. The van der Waals surface area contributed by atoms with Crippen LogP contribution in [0, 0.1) is 11.6 Å². The molecular formula is C24H25F2N7OS. The van der Waals surface area contributed by atoms with Crippen LogP contribution in [0.15, 0.2) is 69.5 Å². The Morgan fingerprint density at radius 3 is 2.34 bits per heavy atom. The van der Waals surface area contributed by atoms with Gasteiger partial charge in [-0.05, 0) is 49.5 Å². The third-order valence-electron chi connectivity index (χ3n) is 5.45. The summed E-state index contributed by atoms with van der Waals surface area (Å²) in [6, 6.07) is 11.6. The number of carbonyl (C=O) groups is 1. The lowest BCUT2D eigenvalue weighted by Gasteiger charge is -2.34. The maximum absolute atomic E-state index is 13.5. The number of nitrogens with two attached hydrogens (primary N) is 2. The number of nitrogens with one attached hydrogen (secondary N) is 1. The van der Waals surface area contributed by atoms with Gasteiger partial charge < -0.3 is 26.6 Å². The number of aliphatic imine (C=N–C) groups is 1. The molecule has 0 aliphatic carbocycles. The summed E-state index contributed by atoms with van der Waals surface area (Å²) in [7, 11) is 2.10. The summed E-state index contributed by atoms with van der Waals surface area (Å²) in [5.41, 5.74) is 13.8. The monoisotopic (exact) mass is 497 g/mol. The van der Waals surface area contributed by atoms with Crippen molar-refractivity contribution in [3.05, 3.63) is 71.9 Å². The molecule has 0 spiro atoms. The molecule has 4 rings (SSSR count). The second-order valence-electron chi connectivity index (χ2n) is 8.08. The molecule has 1 aliphatic rings. The Labute approximate surface area is 206 Å². The number of rotatable bonds is 5. The Morgan fingerprint density at radius 1 is 1.03 bits per heavy atom. The zero-order chi connectivity index (χ0) is 24.9. The van der Waals surface area contributed by atoms with Crippen LogP contribution in [0.1, 0.15) is 5.56 Å². The molecule has 11 heteroatoms. The summed E-state index contributed by atoms with van der Waals surface area (Å²) < 4.78 is 27.0. The predicted octanol–water partition coefficient (Wildman–Crippen LogP) is 3.78. The first-order chi connectivity index (χ1) is 16.8. The highest BCUT2D eigenvalue weighted by Crippen LogP contribution is 2.30. The van der Waals surface area contributed by atoms with Crippen molar-refractivity contribution in [3.8, 4) is 0 Å². The van der Waals surface area contributed by atoms with E-state index in [-0.39, 0.29) is 17.2 Å². The largest absolute Gasteiger partial charge is 0.383 e. The van der Waals surface area contributed by atoms with Gasteiger partial charge in [0.2, 0.25) is 0 Å². The molecule has 2 heterocycles. The second kappa shape index (κ2) is 10.7. The van der Waals surface area contributed by atoms with Crippen molar-refractivity contribution < 1.29 is 13.6 Å². The standard InChI is InChI=1S/C24H25F2N7OS/c1-32-6-8-33(9-7-32)18-4-2-17(3-5-18)30-24(34)31-23(28)21-13-20(14-29-22(21)27)35-19-11-15(25)10-16(26)12-19/h2-5,10-14H,6-9H2,1H3,(H2,27,29)(H3,28,30,31,34). The number of piperazine rings is 1. The first-order valence-electron chi connectivity index (χ1n) is 10.9. The zero-order valence-electron chi connectivity index (χ0n) is 19.0. The van der Waals surface area contributed by atoms with Gasteiger partial charge >= 0.3 is 6.03 Å². The molecule has 182 valence electrons. The minimum atomic E-state index is -0.689. The normalized spacial score (nSPS) is 14.7. The number of pyridine rings is 1. The van der Waals surface area contributed by atoms with Crippen molar-refractivity contribution in [2.75, 3.05) is 49.2 Å². The minimum Gasteiger partial charge on any atom is -0.383 e. The second-order valence-corrected chi connectivity index (χ2v) is 9.22. The number of likely N-dealkylation sites (N-methyl/N-ethyl adjacent to an activating group) is 1. The number of nitrogen functional groups attached to an aromatic ring is 1. The lowest BCUT2D eigenvalue weighted by Crippen LogP contribution is -2.44. The third-order valence-corrected chi connectivity index (χ3v) is 6.38. The fourth-order valence-electron chi connectivity index (χ4n) is 3.58. The molecule has 1 aromatic heterocycles. The Morgan fingerprint density at radius 2 is 1.69 bits per heavy atom. The highest BCUT2D eigenvalue weighted by molar-refractivity contribution is 7.99. The number of nitrogens with zero attached hydrogens (tertiary/aromatic N) is 4. The number of urea groups is 1. The van der Waals surface area contributed by atoms with Gasteiger partial charge in [0.25, 0.3) is 0 Å². The molecular weight excluding hydrogens is 472 g/mol. The van der Waals surface area contributed by atoms with Gasteiger partial charge in [-0.3, -0.25) is 0 Å². The lowest BCUT2D eigenvalue weighted by atomic mass is 10.2. The van der Waals surface area contributed by atoms with Crippen LogP contribution in [0.25, 0.3) is 0 Å². The van der Waals surface area contributed by atoms with E-state index in [2.05, 4.69) is 32.1 Å². The van der Waals surface area contributed by atoms with Crippen LogP contribution in [-0.4, -0.2) is 55.0 Å². The first kappa shape index (κ1) is 24.4. The van der Waals surface area contributed by atoms with Crippen LogP contribution in [-0.2, 0) is 0 Å². The number of anilines is 3. The average Bonchev–Trinajstić information content (AvgIpc) is 2.80. The quantitative estimate of drug-likeness (QED) is 0.363. The Bertz CT molecular complexity index is 1220. The van der Waals surface area contributed by atoms with Crippen molar-refractivity contribution in [1.29, 1.82) is 0 Å². The van der Waals surface area contributed by atoms with E-state index < -0.39 is 17.7 Å². The highest BCUT2D eigenvalue weighted by Gasteiger charge is 2.15. The average molecular weight is 498 g/mol. The Hall–Kier alpha value is -3.70. The predicted molar refractivity (Wildman–Crippen MR) is 135 cm³/mol. The molecule has 0 atom stereocenters. The van der Waals surface area contributed by atoms with Crippen LogP contribution in [0.2, 0.25) is 0 Å². The van der Waals surface area contributed by atoms with Gasteiger partial charge in [0.15, 0.2) is 0 Å². The summed E-state index contributed by atoms with van der Waals surface area (Å²) in [5.74, 6) is -1.43. The van der Waals surface area contributed by atoms with Crippen LogP contribution in [0.4, 0.5) is 30.8 Å². The lowest BCUT2D eigenvalue weighted by molar-refractivity contribution is 0.259. The van der Waals surface area contributed by atoms with Crippen molar-refractivity contribution in [2.24, 2.45) is 10.7 Å². The molecule has 1 aliphatic heterocycles. The zero-order valence-corrected chi connectivity index (χ0v) is 19.9. The van der Waals surface area contributed by atoms with Gasteiger partial charge in [0.05, 0.1) is 5.56 Å². The van der Waals surface area contributed by atoms with Crippen molar-refractivity contribution in [3.63, 3.8) is 0 Å². The Kier molecular flexibility index (Phi) is 7.47. The van der Waals surface area contributed by atoms with Crippen LogP contribution < -0.4 is 21.7 Å². The van der Waals surface area contributed by atoms with Gasteiger partial charge in [-0.15, -0.1) is 0 Å². The molecule has 0 saturated carbocycles. The molecule has 2 amide bonds. The Balaban J connectivity index is 1.43. The molecule has 1 saturated heterocycles. The van der Waals surface area contributed by atoms with E-state index in [1.54, 1.807) is 6.07 Å². The molecule has 0 unspecified atom stereocenters. The van der Waals surface area contributed by atoms with Crippen molar-refractivity contribution in [2.45, 2.75) is 9.79 Å². The van der Waals surface area contributed by atoms with Crippen LogP contribution >= 0.6 is 11.8 Å². The van der Waals surface area contributed by atoms with Gasteiger partial charge in [0, 0.05) is 59.6 Å². The molecule has 1 fully saturated rings. The number of hydrogen-bond donors (Lipinski definition) is 3. The van der Waals surface area contributed by atoms with Crippen molar-refractivity contribution >= 4 is 40.8 Å². The summed E-state index contributed by atoms with van der Waals surface area (Å²) in [4.78, 5) is 25.8. The van der Waals surface area contributed by atoms with E-state index in [1.165, 1.54) is 18.3 Å². The fourth-order valence-corrected chi connectivity index (χ4v) is 4.48. The van der Waals surface area contributed by atoms with E-state index in [0.717, 1.165) is 49.7 Å².